The number of hydrogen-bond donors (Lipinski definition) is 1. The Labute approximate surface area is 146 Å². The Morgan fingerprint density at radius 3 is 2.09 bits per heavy atom. The van der Waals surface area contributed by atoms with Gasteiger partial charge in [-0.05, 0) is 36.4 Å². The maximum absolute atomic E-state index is 12.8. The minimum Gasteiger partial charge on any atom is -0.340 e. The zero-order valence-electron chi connectivity index (χ0n) is 11.4. The first-order chi connectivity index (χ1) is 10.5. The summed E-state index contributed by atoms with van der Waals surface area (Å²) in [5.41, 5.74) is 0.487. The van der Waals surface area contributed by atoms with Gasteiger partial charge in [0.15, 0.2) is 0 Å². The Bertz CT molecular complexity index is 700. The third-order valence-corrected chi connectivity index (χ3v) is 4.04. The van der Waals surface area contributed by atoms with Crippen molar-refractivity contribution in [3.05, 3.63) is 62.5 Å². The fraction of sp³-hybridized carbons (Fsp3) is 0.0667. The summed E-state index contributed by atoms with van der Waals surface area (Å²) in [6.45, 7) is 0. The molecular weight excluding hydrogens is 391 g/mol. The van der Waals surface area contributed by atoms with Crippen molar-refractivity contribution >= 4 is 56.8 Å². The number of carbonyl (C=O) groups is 2. The second kappa shape index (κ2) is 7.13. The van der Waals surface area contributed by atoms with Gasteiger partial charge in [-0.2, -0.15) is 0 Å². The topological polar surface area (TPSA) is 49.4 Å². The van der Waals surface area contributed by atoms with Crippen LogP contribution in [0.1, 0.15) is 10.4 Å². The van der Waals surface area contributed by atoms with Crippen LogP contribution in [0.5, 0.6) is 0 Å². The van der Waals surface area contributed by atoms with Crippen LogP contribution in [0.2, 0.25) is 10.0 Å². The Balaban J connectivity index is 2.52. The molecule has 0 heterocycles. The molecule has 0 spiro atoms. The van der Waals surface area contributed by atoms with Gasteiger partial charge in [-0.25, -0.2) is 9.69 Å². The second-order valence-electron chi connectivity index (χ2n) is 4.27. The summed E-state index contributed by atoms with van der Waals surface area (Å²) >= 11 is 15.4. The van der Waals surface area contributed by atoms with Crippen molar-refractivity contribution in [1.29, 1.82) is 0 Å². The van der Waals surface area contributed by atoms with Crippen molar-refractivity contribution in [2.45, 2.75) is 0 Å². The standard InChI is InChI=1S/C15H11BrCl2N2O2/c1-19-15(22)20(10-7-5-9(16)6-8-10)14(21)13-11(17)3-2-4-12(13)18/h2-8H,1H3,(H,19,22). The Hall–Kier alpha value is -1.56. The maximum atomic E-state index is 12.8. The predicted molar refractivity (Wildman–Crippen MR) is 91.9 cm³/mol. The first-order valence-corrected chi connectivity index (χ1v) is 7.76. The number of urea groups is 1. The van der Waals surface area contributed by atoms with Gasteiger partial charge in [0, 0.05) is 11.5 Å². The molecule has 0 radical (unpaired) electrons. The zero-order valence-corrected chi connectivity index (χ0v) is 14.5. The summed E-state index contributed by atoms with van der Waals surface area (Å²) in [6, 6.07) is 10.9. The molecule has 114 valence electrons. The molecule has 0 aliphatic carbocycles. The molecule has 2 aromatic rings. The van der Waals surface area contributed by atoms with Gasteiger partial charge in [0.2, 0.25) is 0 Å². The molecule has 0 aliphatic heterocycles. The van der Waals surface area contributed by atoms with Crippen molar-refractivity contribution in [3.8, 4) is 0 Å². The van der Waals surface area contributed by atoms with Crippen LogP contribution in [-0.4, -0.2) is 19.0 Å². The van der Waals surface area contributed by atoms with E-state index in [4.69, 9.17) is 23.2 Å². The van der Waals surface area contributed by atoms with Gasteiger partial charge in [0.25, 0.3) is 5.91 Å². The van der Waals surface area contributed by atoms with E-state index >= 15 is 0 Å². The number of imide groups is 1. The van der Waals surface area contributed by atoms with Crippen LogP contribution >= 0.6 is 39.1 Å². The molecule has 0 unspecified atom stereocenters. The molecule has 1 N–H and O–H groups in total. The van der Waals surface area contributed by atoms with E-state index in [2.05, 4.69) is 21.2 Å². The highest BCUT2D eigenvalue weighted by atomic mass is 79.9. The van der Waals surface area contributed by atoms with E-state index in [1.165, 1.54) is 7.05 Å². The first kappa shape index (κ1) is 16.8. The second-order valence-corrected chi connectivity index (χ2v) is 6.00. The fourth-order valence-electron chi connectivity index (χ4n) is 1.84. The van der Waals surface area contributed by atoms with E-state index in [1.807, 2.05) is 0 Å². The number of nitrogens with zero attached hydrogens (tertiary/aromatic N) is 1. The van der Waals surface area contributed by atoms with Crippen molar-refractivity contribution < 1.29 is 9.59 Å². The largest absolute Gasteiger partial charge is 0.340 e. The fourth-order valence-corrected chi connectivity index (χ4v) is 2.67. The molecule has 4 nitrogen and oxygen atoms in total. The molecule has 3 amide bonds. The number of carbonyl (C=O) groups excluding carboxylic acids is 2. The van der Waals surface area contributed by atoms with E-state index in [0.717, 1.165) is 9.37 Å². The lowest BCUT2D eigenvalue weighted by atomic mass is 10.1. The summed E-state index contributed by atoms with van der Waals surface area (Å²) in [5, 5.41) is 2.80. The highest BCUT2D eigenvalue weighted by molar-refractivity contribution is 9.10. The number of halogens is 3. The quantitative estimate of drug-likeness (QED) is 0.789. The number of amides is 3. The molecular formula is C15H11BrCl2N2O2. The van der Waals surface area contributed by atoms with Crippen LogP contribution in [0.15, 0.2) is 46.9 Å². The summed E-state index contributed by atoms with van der Waals surface area (Å²) in [4.78, 5) is 25.9. The average Bonchev–Trinajstić information content (AvgIpc) is 2.49. The van der Waals surface area contributed by atoms with Crippen LogP contribution in [-0.2, 0) is 0 Å². The highest BCUT2D eigenvalue weighted by Gasteiger charge is 2.27. The minimum absolute atomic E-state index is 0.0809. The van der Waals surface area contributed by atoms with Crippen molar-refractivity contribution in [2.75, 3.05) is 11.9 Å². The van der Waals surface area contributed by atoms with Gasteiger partial charge in [0.1, 0.15) is 0 Å². The van der Waals surface area contributed by atoms with Crippen LogP contribution in [0.4, 0.5) is 10.5 Å². The van der Waals surface area contributed by atoms with E-state index in [-0.39, 0.29) is 15.6 Å². The van der Waals surface area contributed by atoms with Gasteiger partial charge in [-0.1, -0.05) is 45.2 Å². The van der Waals surface area contributed by atoms with Crippen LogP contribution in [0, 0.1) is 0 Å². The molecule has 0 saturated carbocycles. The predicted octanol–water partition coefficient (Wildman–Crippen LogP) is 4.74. The van der Waals surface area contributed by atoms with Gasteiger partial charge in [-0.3, -0.25) is 4.79 Å². The number of nitrogens with one attached hydrogen (secondary N) is 1. The SMILES string of the molecule is CNC(=O)N(C(=O)c1c(Cl)cccc1Cl)c1ccc(Br)cc1. The van der Waals surface area contributed by atoms with E-state index < -0.39 is 11.9 Å². The first-order valence-electron chi connectivity index (χ1n) is 6.21. The summed E-state index contributed by atoms with van der Waals surface area (Å²) in [5.74, 6) is -0.600. The maximum Gasteiger partial charge on any atom is 0.328 e. The van der Waals surface area contributed by atoms with E-state index in [0.29, 0.717) is 5.69 Å². The molecule has 2 aromatic carbocycles. The molecule has 22 heavy (non-hydrogen) atoms. The van der Waals surface area contributed by atoms with E-state index in [9.17, 15) is 9.59 Å². The summed E-state index contributed by atoms with van der Waals surface area (Å²) in [7, 11) is 1.44. The van der Waals surface area contributed by atoms with Crippen LogP contribution in [0.3, 0.4) is 0 Å². The minimum atomic E-state index is -0.600. The van der Waals surface area contributed by atoms with Gasteiger partial charge < -0.3 is 5.32 Å². The zero-order chi connectivity index (χ0) is 16.3. The number of anilines is 1. The van der Waals surface area contributed by atoms with Crippen LogP contribution in [0.25, 0.3) is 0 Å². The molecule has 7 heteroatoms. The number of hydrogen-bond acceptors (Lipinski definition) is 2. The lowest BCUT2D eigenvalue weighted by Gasteiger charge is -2.21. The molecule has 0 aliphatic rings. The number of rotatable bonds is 2. The van der Waals surface area contributed by atoms with Crippen molar-refractivity contribution in [2.24, 2.45) is 0 Å². The molecule has 2 rings (SSSR count). The third kappa shape index (κ3) is 3.43. The molecule has 0 atom stereocenters. The lowest BCUT2D eigenvalue weighted by molar-refractivity contribution is 0.0994. The lowest BCUT2D eigenvalue weighted by Crippen LogP contribution is -2.42. The average molecular weight is 402 g/mol. The van der Waals surface area contributed by atoms with Crippen molar-refractivity contribution in [1.82, 2.24) is 5.32 Å². The monoisotopic (exact) mass is 400 g/mol. The van der Waals surface area contributed by atoms with Crippen LogP contribution < -0.4 is 10.2 Å². The highest BCUT2D eigenvalue weighted by Crippen LogP contribution is 2.28. The van der Waals surface area contributed by atoms with Gasteiger partial charge in [-0.15, -0.1) is 0 Å². The number of benzene rings is 2. The summed E-state index contributed by atoms with van der Waals surface area (Å²) in [6.07, 6.45) is 0. The molecule has 0 fully saturated rings. The molecule has 0 saturated heterocycles. The molecule has 0 bridgehead atoms. The third-order valence-electron chi connectivity index (χ3n) is 2.88. The Kier molecular flexibility index (Phi) is 5.45. The van der Waals surface area contributed by atoms with E-state index in [1.54, 1.807) is 42.5 Å². The van der Waals surface area contributed by atoms with Crippen molar-refractivity contribution in [3.63, 3.8) is 0 Å². The van der Waals surface area contributed by atoms with Gasteiger partial charge in [0.05, 0.1) is 21.3 Å². The van der Waals surface area contributed by atoms with Gasteiger partial charge >= 0.3 is 6.03 Å². The summed E-state index contributed by atoms with van der Waals surface area (Å²) < 4.78 is 0.830. The normalized spacial score (nSPS) is 10.2. The Morgan fingerprint density at radius 2 is 1.59 bits per heavy atom. The Morgan fingerprint density at radius 1 is 1.05 bits per heavy atom. The smallest absolute Gasteiger partial charge is 0.328 e. The molecule has 0 aromatic heterocycles.